The molecule has 0 saturated heterocycles. The van der Waals surface area contributed by atoms with Gasteiger partial charge in [0.2, 0.25) is 0 Å². The molecule has 84 valence electrons. The molecule has 1 aromatic rings. The topological polar surface area (TPSA) is 12.4 Å². The number of rotatable bonds is 1. The van der Waals surface area contributed by atoms with Crippen LogP contribution in [0.25, 0.3) is 5.70 Å². The van der Waals surface area contributed by atoms with Gasteiger partial charge in [-0.25, -0.2) is 13.2 Å². The summed E-state index contributed by atoms with van der Waals surface area (Å²) in [6.07, 6.45) is 1.77. The molecule has 1 unspecified atom stereocenters. The van der Waals surface area contributed by atoms with Crippen LogP contribution in [0.2, 0.25) is 0 Å². The van der Waals surface area contributed by atoms with Gasteiger partial charge in [0.1, 0.15) is 23.2 Å². The zero-order valence-corrected chi connectivity index (χ0v) is 8.67. The Labute approximate surface area is 91.3 Å². The molecule has 0 N–H and O–H groups in total. The van der Waals surface area contributed by atoms with E-state index < -0.39 is 17.5 Å². The number of hydrogen-bond donors (Lipinski definition) is 0. The van der Waals surface area contributed by atoms with E-state index in [1.807, 2.05) is 6.92 Å². The molecule has 0 fully saturated rings. The van der Waals surface area contributed by atoms with E-state index in [-0.39, 0.29) is 23.6 Å². The van der Waals surface area contributed by atoms with E-state index in [2.05, 4.69) is 4.99 Å². The van der Waals surface area contributed by atoms with Crippen molar-refractivity contribution in [3.63, 3.8) is 0 Å². The highest BCUT2D eigenvalue weighted by Gasteiger charge is 2.18. The van der Waals surface area contributed by atoms with E-state index in [1.165, 1.54) is 6.07 Å². The zero-order valence-electron chi connectivity index (χ0n) is 8.67. The minimum absolute atomic E-state index is 0.00190. The van der Waals surface area contributed by atoms with Crippen LogP contribution in [0.15, 0.2) is 29.0 Å². The molecular formula is C12H10F3N. The maximum atomic E-state index is 13.6. The van der Waals surface area contributed by atoms with Gasteiger partial charge >= 0.3 is 0 Å². The average Bonchev–Trinajstić information content (AvgIpc) is 2.19. The highest BCUT2D eigenvalue weighted by molar-refractivity contribution is 5.79. The van der Waals surface area contributed by atoms with Gasteiger partial charge in [0.15, 0.2) is 0 Å². The Hall–Kier alpha value is -1.58. The Morgan fingerprint density at radius 1 is 1.25 bits per heavy atom. The molecule has 1 atom stereocenters. The summed E-state index contributed by atoms with van der Waals surface area (Å²) in [4.78, 5) is 3.87. The lowest BCUT2D eigenvalue weighted by molar-refractivity contribution is 0.548. The van der Waals surface area contributed by atoms with Gasteiger partial charge in [-0.15, -0.1) is 0 Å². The van der Waals surface area contributed by atoms with Crippen LogP contribution in [0.1, 0.15) is 18.9 Å². The van der Waals surface area contributed by atoms with Gasteiger partial charge in [0.05, 0.1) is 0 Å². The highest BCUT2D eigenvalue weighted by Crippen LogP contribution is 2.30. The van der Waals surface area contributed by atoms with Crippen LogP contribution in [0.3, 0.4) is 0 Å². The third-order valence-electron chi connectivity index (χ3n) is 2.40. The number of hydrogen-bond acceptors (Lipinski definition) is 1. The van der Waals surface area contributed by atoms with Crippen molar-refractivity contribution in [3.8, 4) is 0 Å². The van der Waals surface area contributed by atoms with Crippen molar-refractivity contribution in [2.24, 2.45) is 10.9 Å². The molecule has 0 bridgehead atoms. The Morgan fingerprint density at radius 3 is 2.62 bits per heavy atom. The monoisotopic (exact) mass is 225 g/mol. The average molecular weight is 225 g/mol. The lowest BCUT2D eigenvalue weighted by Crippen LogP contribution is -2.04. The minimum Gasteiger partial charge on any atom is -0.257 e. The highest BCUT2D eigenvalue weighted by atomic mass is 19.1. The van der Waals surface area contributed by atoms with Gasteiger partial charge in [-0.05, 0) is 18.1 Å². The first-order chi connectivity index (χ1) is 7.58. The van der Waals surface area contributed by atoms with Crippen LogP contribution >= 0.6 is 0 Å². The van der Waals surface area contributed by atoms with E-state index in [0.717, 1.165) is 12.1 Å². The van der Waals surface area contributed by atoms with Gasteiger partial charge in [0.25, 0.3) is 0 Å². The molecule has 1 nitrogen and oxygen atoms in total. The first-order valence-electron chi connectivity index (χ1n) is 4.96. The number of aliphatic imine (C=N–C) groups is 1. The van der Waals surface area contributed by atoms with Crippen molar-refractivity contribution in [2.45, 2.75) is 13.3 Å². The minimum atomic E-state index is -0.795. The molecule has 0 aromatic heterocycles. The Bertz CT molecular complexity index is 477. The first kappa shape index (κ1) is 10.9. The van der Waals surface area contributed by atoms with Crippen molar-refractivity contribution >= 4 is 11.9 Å². The van der Waals surface area contributed by atoms with E-state index in [0.29, 0.717) is 0 Å². The molecule has 2 rings (SSSR count). The second-order valence-corrected chi connectivity index (χ2v) is 3.84. The van der Waals surface area contributed by atoms with Crippen molar-refractivity contribution in [1.82, 2.24) is 0 Å². The number of allylic oxidation sites excluding steroid dienone is 1. The molecule has 0 radical (unpaired) electrons. The van der Waals surface area contributed by atoms with Crippen LogP contribution in [0.4, 0.5) is 13.2 Å². The van der Waals surface area contributed by atoms with E-state index in [1.54, 1.807) is 6.21 Å². The second-order valence-electron chi connectivity index (χ2n) is 3.84. The van der Waals surface area contributed by atoms with Crippen molar-refractivity contribution < 1.29 is 13.2 Å². The number of nitrogens with zero attached hydrogens (tertiary/aromatic N) is 1. The summed E-state index contributed by atoms with van der Waals surface area (Å²) in [6.45, 7) is 1.82. The summed E-state index contributed by atoms with van der Waals surface area (Å²) in [5, 5.41) is 0. The molecule has 1 aliphatic rings. The Morgan fingerprint density at radius 2 is 2.00 bits per heavy atom. The SMILES string of the molecule is CC1C=NC(c2ccc(F)cc2F)=C(F)C1. The third kappa shape index (κ3) is 2.01. The lowest BCUT2D eigenvalue weighted by atomic mass is 10.0. The molecule has 1 aliphatic heterocycles. The summed E-state index contributed by atoms with van der Waals surface area (Å²) in [6, 6.07) is 3.02. The third-order valence-corrected chi connectivity index (χ3v) is 2.40. The van der Waals surface area contributed by atoms with Crippen molar-refractivity contribution in [3.05, 3.63) is 41.2 Å². The van der Waals surface area contributed by atoms with E-state index in [4.69, 9.17) is 0 Å². The standard InChI is InChI=1S/C12H10F3N/c1-7-4-11(15)12(16-6-7)9-3-2-8(13)5-10(9)14/h2-3,5-7H,4H2,1H3. The predicted molar refractivity (Wildman–Crippen MR) is 56.7 cm³/mol. The maximum absolute atomic E-state index is 13.6. The fourth-order valence-corrected chi connectivity index (χ4v) is 1.60. The van der Waals surface area contributed by atoms with Crippen LogP contribution in [0.5, 0.6) is 0 Å². The first-order valence-corrected chi connectivity index (χ1v) is 4.96. The van der Waals surface area contributed by atoms with E-state index in [9.17, 15) is 13.2 Å². The fourth-order valence-electron chi connectivity index (χ4n) is 1.60. The number of benzene rings is 1. The molecule has 16 heavy (non-hydrogen) atoms. The maximum Gasteiger partial charge on any atom is 0.135 e. The quantitative estimate of drug-likeness (QED) is 0.690. The van der Waals surface area contributed by atoms with Gasteiger partial charge in [-0.1, -0.05) is 6.92 Å². The largest absolute Gasteiger partial charge is 0.257 e. The molecule has 0 amide bonds. The summed E-state index contributed by atoms with van der Waals surface area (Å²) in [7, 11) is 0. The van der Waals surface area contributed by atoms with Gasteiger partial charge in [0, 0.05) is 24.3 Å². The molecule has 1 heterocycles. The normalized spacial score (nSPS) is 20.4. The summed E-state index contributed by atoms with van der Waals surface area (Å²) in [5.41, 5.74) is -0.0300. The molecule has 0 saturated carbocycles. The van der Waals surface area contributed by atoms with Gasteiger partial charge in [-0.2, -0.15) is 0 Å². The predicted octanol–water partition coefficient (Wildman–Crippen LogP) is 3.71. The number of halogens is 3. The molecule has 0 aliphatic carbocycles. The van der Waals surface area contributed by atoms with E-state index >= 15 is 0 Å². The van der Waals surface area contributed by atoms with Crippen molar-refractivity contribution in [2.75, 3.05) is 0 Å². The van der Waals surface area contributed by atoms with Crippen molar-refractivity contribution in [1.29, 1.82) is 0 Å². The Kier molecular flexibility index (Phi) is 2.81. The van der Waals surface area contributed by atoms with Gasteiger partial charge < -0.3 is 0 Å². The van der Waals surface area contributed by atoms with Gasteiger partial charge in [-0.3, -0.25) is 4.99 Å². The molecule has 1 aromatic carbocycles. The second kappa shape index (κ2) is 4.12. The zero-order chi connectivity index (χ0) is 11.7. The fraction of sp³-hybridized carbons (Fsp3) is 0.250. The summed E-state index contributed by atoms with van der Waals surface area (Å²) < 4.78 is 39.6. The molecule has 4 heteroatoms. The molecular weight excluding hydrogens is 215 g/mol. The molecule has 0 spiro atoms. The lowest BCUT2D eigenvalue weighted by Gasteiger charge is -2.14. The summed E-state index contributed by atoms with van der Waals surface area (Å²) >= 11 is 0. The van der Waals surface area contributed by atoms with Crippen LogP contribution in [-0.2, 0) is 0 Å². The summed E-state index contributed by atoms with van der Waals surface area (Å²) in [5.74, 6) is -1.93. The van der Waals surface area contributed by atoms with Crippen LogP contribution < -0.4 is 0 Å². The van der Waals surface area contributed by atoms with Crippen LogP contribution in [0, 0.1) is 17.6 Å². The Balaban J connectivity index is 2.45. The van der Waals surface area contributed by atoms with Crippen LogP contribution in [-0.4, -0.2) is 6.21 Å². The smallest absolute Gasteiger partial charge is 0.135 e.